The minimum absolute atomic E-state index is 0.0454. The molecule has 0 amide bonds. The Hall–Kier alpha value is -2.35. The van der Waals surface area contributed by atoms with Gasteiger partial charge in [-0.15, -0.1) is 0 Å². The average molecular weight is 226 g/mol. The largest absolute Gasteiger partial charge is 0.343 e. The Balaban J connectivity index is 2.04. The van der Waals surface area contributed by atoms with Crippen LogP contribution in [0, 0.1) is 11.3 Å². The van der Waals surface area contributed by atoms with E-state index in [1.807, 2.05) is 12.1 Å². The van der Waals surface area contributed by atoms with E-state index in [2.05, 4.69) is 16.3 Å². The zero-order valence-electron chi connectivity index (χ0n) is 9.05. The van der Waals surface area contributed by atoms with Gasteiger partial charge in [-0.2, -0.15) is 10.4 Å². The zero-order valence-corrected chi connectivity index (χ0v) is 9.05. The number of H-pyrrole nitrogens is 1. The van der Waals surface area contributed by atoms with E-state index in [0.29, 0.717) is 5.56 Å². The van der Waals surface area contributed by atoms with Crippen LogP contribution in [-0.2, 0) is 6.42 Å². The Kier molecular flexibility index (Phi) is 2.08. The first-order valence-electron chi connectivity index (χ1n) is 5.45. The maximum Gasteiger partial charge on any atom is 0.343 e. The number of benzene rings is 1. The van der Waals surface area contributed by atoms with Gasteiger partial charge in [-0.25, -0.2) is 9.89 Å². The normalized spacial score (nSPS) is 17.7. The lowest BCUT2D eigenvalue weighted by Crippen LogP contribution is -2.20. The molecular weight excluding hydrogens is 216 g/mol. The lowest BCUT2D eigenvalue weighted by molar-refractivity contribution is 0.598. The molecule has 3 rings (SSSR count). The fourth-order valence-electron chi connectivity index (χ4n) is 2.33. The molecule has 17 heavy (non-hydrogen) atoms. The van der Waals surface area contributed by atoms with E-state index < -0.39 is 0 Å². The van der Waals surface area contributed by atoms with Crippen molar-refractivity contribution in [2.24, 2.45) is 0 Å². The van der Waals surface area contributed by atoms with Gasteiger partial charge in [0.1, 0.15) is 5.82 Å². The van der Waals surface area contributed by atoms with E-state index in [1.54, 1.807) is 16.7 Å². The number of fused-ring (bicyclic) bond motifs is 1. The van der Waals surface area contributed by atoms with Crippen LogP contribution < -0.4 is 5.69 Å². The lowest BCUT2D eigenvalue weighted by atomic mass is 10.0. The summed E-state index contributed by atoms with van der Waals surface area (Å²) in [5.41, 5.74) is 1.52. The zero-order chi connectivity index (χ0) is 11.8. The SMILES string of the molecule is N#Cc1ccc([C@@H]2CCc3n[nH]c(=O)n32)cc1. The van der Waals surface area contributed by atoms with Gasteiger partial charge < -0.3 is 0 Å². The van der Waals surface area contributed by atoms with E-state index in [9.17, 15) is 4.79 Å². The highest BCUT2D eigenvalue weighted by molar-refractivity contribution is 5.33. The van der Waals surface area contributed by atoms with Gasteiger partial charge in [0.25, 0.3) is 0 Å². The number of nitrogens with zero attached hydrogens (tertiary/aromatic N) is 3. The second-order valence-corrected chi connectivity index (χ2v) is 4.10. The summed E-state index contributed by atoms with van der Waals surface area (Å²) < 4.78 is 1.70. The molecule has 5 heteroatoms. The summed E-state index contributed by atoms with van der Waals surface area (Å²) in [6.07, 6.45) is 1.70. The first kappa shape index (κ1) is 9.85. The highest BCUT2D eigenvalue weighted by atomic mass is 16.1. The Morgan fingerprint density at radius 3 is 2.88 bits per heavy atom. The summed E-state index contributed by atoms with van der Waals surface area (Å²) in [5, 5.41) is 15.2. The molecule has 0 saturated heterocycles. The van der Waals surface area contributed by atoms with Crippen molar-refractivity contribution in [2.45, 2.75) is 18.9 Å². The summed E-state index contributed by atoms with van der Waals surface area (Å²) in [7, 11) is 0. The highest BCUT2D eigenvalue weighted by Gasteiger charge is 2.26. The van der Waals surface area contributed by atoms with Crippen LogP contribution in [0.5, 0.6) is 0 Å². The number of aryl methyl sites for hydroxylation is 1. The topological polar surface area (TPSA) is 74.5 Å². The van der Waals surface area contributed by atoms with Crippen LogP contribution in [0.25, 0.3) is 0 Å². The summed E-state index contributed by atoms with van der Waals surface area (Å²) in [6, 6.07) is 9.48. The summed E-state index contributed by atoms with van der Waals surface area (Å²) in [5.74, 6) is 0.810. The van der Waals surface area contributed by atoms with E-state index in [-0.39, 0.29) is 11.7 Å². The van der Waals surface area contributed by atoms with E-state index >= 15 is 0 Å². The van der Waals surface area contributed by atoms with Crippen molar-refractivity contribution in [3.63, 3.8) is 0 Å². The predicted octanol–water partition coefficient (Wildman–Crippen LogP) is 0.979. The Morgan fingerprint density at radius 2 is 2.18 bits per heavy atom. The van der Waals surface area contributed by atoms with Gasteiger partial charge in [-0.3, -0.25) is 4.57 Å². The molecule has 2 aromatic rings. The number of nitrogens with one attached hydrogen (secondary N) is 1. The minimum Gasteiger partial charge on any atom is -0.271 e. The Morgan fingerprint density at radius 1 is 1.41 bits per heavy atom. The monoisotopic (exact) mass is 226 g/mol. The molecular formula is C12H10N4O. The number of rotatable bonds is 1. The molecule has 0 saturated carbocycles. The average Bonchev–Trinajstić information content (AvgIpc) is 2.93. The van der Waals surface area contributed by atoms with Gasteiger partial charge in [0, 0.05) is 6.42 Å². The molecule has 0 fully saturated rings. The molecule has 84 valence electrons. The molecule has 1 aromatic heterocycles. The van der Waals surface area contributed by atoms with Crippen molar-refractivity contribution in [1.82, 2.24) is 14.8 Å². The standard InChI is InChI=1S/C12H10N4O/c13-7-8-1-3-9(4-2-8)10-5-6-11-14-15-12(17)16(10)11/h1-4,10H,5-6H2,(H,15,17)/t10-/m0/s1. The molecule has 0 spiro atoms. The molecule has 1 aromatic carbocycles. The van der Waals surface area contributed by atoms with Crippen molar-refractivity contribution in [3.05, 3.63) is 51.7 Å². The maximum absolute atomic E-state index is 11.6. The quantitative estimate of drug-likeness (QED) is 0.787. The number of hydrogen-bond donors (Lipinski definition) is 1. The Bertz CT molecular complexity index is 644. The van der Waals surface area contributed by atoms with Crippen LogP contribution >= 0.6 is 0 Å². The van der Waals surface area contributed by atoms with Crippen LogP contribution in [0.4, 0.5) is 0 Å². The van der Waals surface area contributed by atoms with Crippen molar-refractivity contribution >= 4 is 0 Å². The number of aromatic nitrogens is 3. The van der Waals surface area contributed by atoms with Crippen LogP contribution in [-0.4, -0.2) is 14.8 Å². The fourth-order valence-corrected chi connectivity index (χ4v) is 2.33. The van der Waals surface area contributed by atoms with Gasteiger partial charge >= 0.3 is 5.69 Å². The third kappa shape index (κ3) is 1.46. The maximum atomic E-state index is 11.6. The first-order chi connectivity index (χ1) is 8.29. The molecule has 1 N–H and O–H groups in total. The number of hydrogen-bond acceptors (Lipinski definition) is 3. The smallest absolute Gasteiger partial charge is 0.271 e. The number of nitriles is 1. The van der Waals surface area contributed by atoms with Crippen LogP contribution in [0.1, 0.15) is 29.4 Å². The second kappa shape index (κ2) is 3.59. The lowest BCUT2D eigenvalue weighted by Gasteiger charge is -2.11. The second-order valence-electron chi connectivity index (χ2n) is 4.10. The predicted molar refractivity (Wildman–Crippen MR) is 60.5 cm³/mol. The molecule has 0 aliphatic carbocycles. The van der Waals surface area contributed by atoms with Crippen molar-refractivity contribution in [2.75, 3.05) is 0 Å². The summed E-state index contributed by atoms with van der Waals surface area (Å²) in [4.78, 5) is 11.6. The van der Waals surface area contributed by atoms with E-state index in [1.165, 1.54) is 0 Å². The Labute approximate surface area is 97.3 Å². The first-order valence-corrected chi connectivity index (χ1v) is 5.45. The van der Waals surface area contributed by atoms with E-state index in [0.717, 1.165) is 24.2 Å². The molecule has 1 aliphatic heterocycles. The highest BCUT2D eigenvalue weighted by Crippen LogP contribution is 2.28. The summed E-state index contributed by atoms with van der Waals surface area (Å²) in [6.45, 7) is 0. The van der Waals surface area contributed by atoms with Crippen LogP contribution in [0.15, 0.2) is 29.1 Å². The van der Waals surface area contributed by atoms with Crippen LogP contribution in [0.2, 0.25) is 0 Å². The van der Waals surface area contributed by atoms with Gasteiger partial charge in [-0.1, -0.05) is 12.1 Å². The molecule has 0 radical (unpaired) electrons. The molecule has 0 unspecified atom stereocenters. The van der Waals surface area contributed by atoms with E-state index in [4.69, 9.17) is 5.26 Å². The molecule has 0 bridgehead atoms. The third-order valence-corrected chi connectivity index (χ3v) is 3.16. The number of aromatic amines is 1. The molecule has 1 atom stereocenters. The molecule has 2 heterocycles. The molecule has 1 aliphatic rings. The van der Waals surface area contributed by atoms with Crippen molar-refractivity contribution in [1.29, 1.82) is 5.26 Å². The third-order valence-electron chi connectivity index (χ3n) is 3.16. The van der Waals surface area contributed by atoms with Gasteiger partial charge in [-0.05, 0) is 24.1 Å². The summed E-state index contributed by atoms with van der Waals surface area (Å²) >= 11 is 0. The minimum atomic E-state index is -0.160. The fraction of sp³-hybridized carbons (Fsp3) is 0.250. The molecule has 5 nitrogen and oxygen atoms in total. The van der Waals surface area contributed by atoms with Crippen LogP contribution in [0.3, 0.4) is 0 Å². The van der Waals surface area contributed by atoms with Gasteiger partial charge in [0.05, 0.1) is 17.7 Å². The van der Waals surface area contributed by atoms with Gasteiger partial charge in [0.15, 0.2) is 0 Å². The van der Waals surface area contributed by atoms with Crippen molar-refractivity contribution < 1.29 is 0 Å². The van der Waals surface area contributed by atoms with Crippen molar-refractivity contribution in [3.8, 4) is 6.07 Å². The van der Waals surface area contributed by atoms with Gasteiger partial charge in [0.2, 0.25) is 0 Å².